The first kappa shape index (κ1) is 22.1. The maximum atomic E-state index is 6.01. The number of benzene rings is 1. The van der Waals surface area contributed by atoms with E-state index in [1.807, 2.05) is 6.07 Å². The lowest BCUT2D eigenvalue weighted by molar-refractivity contribution is -0.151. The van der Waals surface area contributed by atoms with Gasteiger partial charge in [-0.2, -0.15) is 0 Å². The Morgan fingerprint density at radius 3 is 2.04 bits per heavy atom. The highest BCUT2D eigenvalue weighted by Gasteiger charge is 2.44. The van der Waals surface area contributed by atoms with Crippen LogP contribution in [0.25, 0.3) is 0 Å². The first-order valence-electron chi connectivity index (χ1n) is 9.08. The highest BCUT2D eigenvalue weighted by atomic mass is 16.5. The zero-order valence-electron chi connectivity index (χ0n) is 17.0. The van der Waals surface area contributed by atoms with Crippen LogP contribution in [0.1, 0.15) is 32.8 Å². The lowest BCUT2D eigenvalue weighted by Crippen LogP contribution is -2.52. The molecule has 0 amide bonds. The summed E-state index contributed by atoms with van der Waals surface area (Å²) in [6, 6.07) is 10.5. The molecule has 0 heterocycles. The molecule has 1 aromatic carbocycles. The minimum atomic E-state index is -0.216. The van der Waals surface area contributed by atoms with Crippen molar-refractivity contribution in [2.45, 2.75) is 51.9 Å². The molecule has 0 bridgehead atoms. The number of rotatable bonds is 12. The summed E-state index contributed by atoms with van der Waals surface area (Å²) in [5, 5.41) is 0. The lowest BCUT2D eigenvalue weighted by Gasteiger charge is -2.43. The van der Waals surface area contributed by atoms with Crippen LogP contribution in [0.4, 0.5) is 0 Å². The second-order valence-electron chi connectivity index (χ2n) is 7.12. The van der Waals surface area contributed by atoms with Gasteiger partial charge in [0.25, 0.3) is 0 Å². The molecule has 5 unspecified atom stereocenters. The summed E-state index contributed by atoms with van der Waals surface area (Å²) >= 11 is 0. The van der Waals surface area contributed by atoms with Gasteiger partial charge in [0.1, 0.15) is 0 Å². The molecule has 0 saturated carbocycles. The highest BCUT2D eigenvalue weighted by molar-refractivity contribution is 5.17. The van der Waals surface area contributed by atoms with Gasteiger partial charge in [0.05, 0.1) is 24.9 Å². The van der Waals surface area contributed by atoms with E-state index in [4.69, 9.17) is 18.9 Å². The molecule has 0 spiro atoms. The molecule has 0 aliphatic rings. The van der Waals surface area contributed by atoms with Crippen LogP contribution in [0.2, 0.25) is 0 Å². The largest absolute Gasteiger partial charge is 0.384 e. The van der Waals surface area contributed by atoms with Crippen molar-refractivity contribution >= 4 is 0 Å². The van der Waals surface area contributed by atoms with Crippen molar-refractivity contribution in [3.05, 3.63) is 35.9 Å². The number of ether oxygens (including phenoxy) is 4. The van der Waals surface area contributed by atoms with E-state index in [0.29, 0.717) is 6.61 Å². The zero-order valence-corrected chi connectivity index (χ0v) is 17.0. The first-order chi connectivity index (χ1) is 12.0. The van der Waals surface area contributed by atoms with Crippen LogP contribution in [0.15, 0.2) is 30.3 Å². The van der Waals surface area contributed by atoms with Gasteiger partial charge >= 0.3 is 0 Å². The van der Waals surface area contributed by atoms with Gasteiger partial charge in [-0.25, -0.2) is 0 Å². The Balaban J connectivity index is 3.17. The Morgan fingerprint density at radius 2 is 1.60 bits per heavy atom. The molecule has 4 nitrogen and oxygen atoms in total. The van der Waals surface area contributed by atoms with Crippen LogP contribution in [0.5, 0.6) is 0 Å². The number of hydrogen-bond acceptors (Lipinski definition) is 4. The third kappa shape index (κ3) is 5.78. The summed E-state index contributed by atoms with van der Waals surface area (Å²) in [7, 11) is 7.02. The van der Waals surface area contributed by atoms with Gasteiger partial charge in [0, 0.05) is 39.8 Å². The van der Waals surface area contributed by atoms with Crippen molar-refractivity contribution in [2.75, 3.05) is 35.0 Å². The van der Waals surface area contributed by atoms with E-state index >= 15 is 0 Å². The Morgan fingerprint density at radius 1 is 0.960 bits per heavy atom. The molecule has 0 aromatic heterocycles. The molecule has 4 heteroatoms. The fourth-order valence-corrected chi connectivity index (χ4v) is 3.97. The predicted molar refractivity (Wildman–Crippen MR) is 102 cm³/mol. The van der Waals surface area contributed by atoms with Crippen LogP contribution in [-0.4, -0.2) is 53.4 Å². The smallest absolute Gasteiger partial charge is 0.0915 e. The average Bonchev–Trinajstić information content (AvgIpc) is 2.62. The second kappa shape index (κ2) is 10.9. The third-order valence-electron chi connectivity index (χ3n) is 5.30. The summed E-state index contributed by atoms with van der Waals surface area (Å²) in [5.41, 5.74) is 1.05. The molecule has 0 aliphatic heterocycles. The van der Waals surface area contributed by atoms with E-state index in [1.54, 1.807) is 28.4 Å². The quantitative estimate of drug-likeness (QED) is 0.570. The topological polar surface area (TPSA) is 36.9 Å². The molecular weight excluding hydrogens is 316 g/mol. The zero-order chi connectivity index (χ0) is 18.9. The van der Waals surface area contributed by atoms with E-state index < -0.39 is 0 Å². The van der Waals surface area contributed by atoms with Gasteiger partial charge in [-0.3, -0.25) is 0 Å². The third-order valence-corrected chi connectivity index (χ3v) is 5.30. The minimum absolute atomic E-state index is 0.0752. The van der Waals surface area contributed by atoms with E-state index in [-0.39, 0.29) is 29.6 Å². The average molecular weight is 353 g/mol. The number of hydrogen-bond donors (Lipinski definition) is 0. The van der Waals surface area contributed by atoms with Crippen molar-refractivity contribution in [3.63, 3.8) is 0 Å². The van der Waals surface area contributed by atoms with Crippen LogP contribution in [0, 0.1) is 11.3 Å². The molecule has 1 rings (SSSR count). The molecule has 1 aromatic rings. The monoisotopic (exact) mass is 352 g/mol. The normalized spacial score (nSPS) is 19.0. The molecule has 0 aliphatic carbocycles. The molecule has 0 radical (unpaired) electrons. The van der Waals surface area contributed by atoms with Gasteiger partial charge in [0.2, 0.25) is 0 Å². The Kier molecular flexibility index (Phi) is 9.65. The molecule has 0 saturated heterocycles. The molecule has 144 valence electrons. The minimum Gasteiger partial charge on any atom is -0.384 e. The van der Waals surface area contributed by atoms with E-state index in [0.717, 1.165) is 12.8 Å². The lowest BCUT2D eigenvalue weighted by atomic mass is 9.73. The molecule has 0 fully saturated rings. The van der Waals surface area contributed by atoms with Crippen LogP contribution in [0.3, 0.4) is 0 Å². The van der Waals surface area contributed by atoms with Crippen molar-refractivity contribution in [3.8, 4) is 0 Å². The Labute approximate surface area is 153 Å². The second-order valence-corrected chi connectivity index (χ2v) is 7.12. The van der Waals surface area contributed by atoms with Gasteiger partial charge in [-0.1, -0.05) is 44.2 Å². The van der Waals surface area contributed by atoms with Crippen molar-refractivity contribution in [2.24, 2.45) is 11.3 Å². The van der Waals surface area contributed by atoms with E-state index in [1.165, 1.54) is 5.56 Å². The maximum Gasteiger partial charge on any atom is 0.0915 e. The fraction of sp³-hybridized carbons (Fsp3) is 0.714. The summed E-state index contributed by atoms with van der Waals surface area (Å²) in [4.78, 5) is 0. The summed E-state index contributed by atoms with van der Waals surface area (Å²) in [5.74, 6) is 0.243. The molecular formula is C21H36O4. The van der Waals surface area contributed by atoms with Gasteiger partial charge in [-0.05, 0) is 25.3 Å². The number of methoxy groups -OCH3 is 4. The fourth-order valence-electron chi connectivity index (χ4n) is 3.97. The summed E-state index contributed by atoms with van der Waals surface area (Å²) < 4.78 is 23.2. The molecule has 25 heavy (non-hydrogen) atoms. The van der Waals surface area contributed by atoms with Gasteiger partial charge in [0.15, 0.2) is 0 Å². The SMILES string of the molecule is CCC(C(C)OC)C(OC)C(OC)C(C)(COC)Cc1ccccc1. The Hall–Kier alpha value is -0.940. The maximum absolute atomic E-state index is 6.01. The van der Waals surface area contributed by atoms with Crippen LogP contribution >= 0.6 is 0 Å². The first-order valence-corrected chi connectivity index (χ1v) is 9.08. The summed E-state index contributed by atoms with van der Waals surface area (Å²) in [6.07, 6.45) is 1.73. The highest BCUT2D eigenvalue weighted by Crippen LogP contribution is 2.36. The van der Waals surface area contributed by atoms with E-state index in [2.05, 4.69) is 45.0 Å². The Bertz CT molecular complexity index is 464. The van der Waals surface area contributed by atoms with Crippen molar-refractivity contribution in [1.29, 1.82) is 0 Å². The van der Waals surface area contributed by atoms with Crippen molar-refractivity contribution in [1.82, 2.24) is 0 Å². The van der Waals surface area contributed by atoms with Crippen LogP contribution < -0.4 is 0 Å². The van der Waals surface area contributed by atoms with Crippen molar-refractivity contribution < 1.29 is 18.9 Å². The van der Waals surface area contributed by atoms with Gasteiger partial charge in [-0.15, -0.1) is 0 Å². The summed E-state index contributed by atoms with van der Waals surface area (Å²) in [6.45, 7) is 7.08. The predicted octanol–water partition coefficient (Wildman–Crippen LogP) is 3.97. The van der Waals surface area contributed by atoms with Crippen LogP contribution in [-0.2, 0) is 25.4 Å². The van der Waals surface area contributed by atoms with Gasteiger partial charge < -0.3 is 18.9 Å². The standard InChI is InChI=1S/C21H36O4/c1-8-18(16(2)23-5)19(24-6)20(25-7)21(3,15-22-4)14-17-12-10-9-11-13-17/h9-13,16,18-20H,8,14-15H2,1-7H3. The molecule has 5 atom stereocenters. The van der Waals surface area contributed by atoms with E-state index in [9.17, 15) is 0 Å². The molecule has 0 N–H and O–H groups in total.